The van der Waals surface area contributed by atoms with Crippen molar-refractivity contribution in [1.29, 1.82) is 0 Å². The average Bonchev–Trinajstić information content (AvgIpc) is 2.42. The Morgan fingerprint density at radius 3 is 2.10 bits per heavy atom. The normalized spacial score (nSPS) is 14.2. The van der Waals surface area contributed by atoms with Crippen LogP contribution in [-0.2, 0) is 4.74 Å². The highest BCUT2D eigenvalue weighted by Crippen LogP contribution is 2.27. The SMILES string of the molecule is CCN(CC(CC)(CC)CNCC(C)C)C(C)COC. The van der Waals surface area contributed by atoms with E-state index in [0.717, 1.165) is 38.7 Å². The van der Waals surface area contributed by atoms with E-state index in [0.29, 0.717) is 11.5 Å². The van der Waals surface area contributed by atoms with E-state index in [2.05, 4.69) is 51.8 Å². The molecule has 0 aromatic heterocycles. The van der Waals surface area contributed by atoms with Crippen LogP contribution in [0.25, 0.3) is 0 Å². The minimum absolute atomic E-state index is 0.382. The summed E-state index contributed by atoms with van der Waals surface area (Å²) in [5.74, 6) is 0.719. The molecule has 0 bridgehead atoms. The minimum atomic E-state index is 0.382. The van der Waals surface area contributed by atoms with E-state index in [9.17, 15) is 0 Å². The Balaban J connectivity index is 4.61. The van der Waals surface area contributed by atoms with Crippen LogP contribution in [0.1, 0.15) is 54.4 Å². The molecule has 1 atom stereocenters. The first kappa shape index (κ1) is 19.9. The van der Waals surface area contributed by atoms with Crippen molar-refractivity contribution < 1.29 is 4.74 Å². The highest BCUT2D eigenvalue weighted by Gasteiger charge is 2.29. The lowest BCUT2D eigenvalue weighted by atomic mass is 9.81. The van der Waals surface area contributed by atoms with Crippen LogP contribution in [0.2, 0.25) is 0 Å². The smallest absolute Gasteiger partial charge is 0.0615 e. The van der Waals surface area contributed by atoms with Gasteiger partial charge in [-0.3, -0.25) is 4.90 Å². The summed E-state index contributed by atoms with van der Waals surface area (Å²) in [4.78, 5) is 2.56. The van der Waals surface area contributed by atoms with E-state index >= 15 is 0 Å². The molecule has 0 heterocycles. The maximum absolute atomic E-state index is 5.32. The molecule has 0 aromatic rings. The molecule has 20 heavy (non-hydrogen) atoms. The first-order chi connectivity index (χ1) is 9.44. The van der Waals surface area contributed by atoms with E-state index in [1.54, 1.807) is 7.11 Å². The number of likely N-dealkylation sites (N-methyl/N-ethyl adjacent to an activating group) is 1. The Morgan fingerprint density at radius 2 is 1.70 bits per heavy atom. The Labute approximate surface area is 127 Å². The van der Waals surface area contributed by atoms with Gasteiger partial charge < -0.3 is 10.1 Å². The van der Waals surface area contributed by atoms with Gasteiger partial charge in [-0.1, -0.05) is 34.6 Å². The van der Waals surface area contributed by atoms with Crippen LogP contribution in [0.4, 0.5) is 0 Å². The van der Waals surface area contributed by atoms with Crippen LogP contribution in [0.15, 0.2) is 0 Å². The minimum Gasteiger partial charge on any atom is -0.383 e. The van der Waals surface area contributed by atoms with Crippen LogP contribution < -0.4 is 5.32 Å². The number of ether oxygens (including phenoxy) is 1. The summed E-state index contributed by atoms with van der Waals surface area (Å²) < 4.78 is 5.32. The Kier molecular flexibility index (Phi) is 10.5. The van der Waals surface area contributed by atoms with Crippen LogP contribution in [0.3, 0.4) is 0 Å². The Morgan fingerprint density at radius 1 is 1.10 bits per heavy atom. The van der Waals surface area contributed by atoms with Gasteiger partial charge in [-0.2, -0.15) is 0 Å². The van der Waals surface area contributed by atoms with Gasteiger partial charge >= 0.3 is 0 Å². The molecule has 1 unspecified atom stereocenters. The van der Waals surface area contributed by atoms with Crippen molar-refractivity contribution in [1.82, 2.24) is 10.2 Å². The fourth-order valence-electron chi connectivity index (χ4n) is 2.76. The molecular weight excluding hydrogens is 248 g/mol. The third-order valence-electron chi connectivity index (χ3n) is 4.53. The van der Waals surface area contributed by atoms with Crippen LogP contribution in [-0.4, -0.2) is 50.8 Å². The van der Waals surface area contributed by atoms with E-state index in [-0.39, 0.29) is 0 Å². The quantitative estimate of drug-likeness (QED) is 0.595. The van der Waals surface area contributed by atoms with Gasteiger partial charge in [0.25, 0.3) is 0 Å². The van der Waals surface area contributed by atoms with Crippen molar-refractivity contribution in [3.8, 4) is 0 Å². The molecule has 0 fully saturated rings. The Bertz CT molecular complexity index is 227. The van der Waals surface area contributed by atoms with E-state index in [4.69, 9.17) is 4.74 Å². The van der Waals surface area contributed by atoms with Gasteiger partial charge in [-0.05, 0) is 44.2 Å². The first-order valence-electron chi connectivity index (χ1n) is 8.38. The summed E-state index contributed by atoms with van der Waals surface area (Å²) in [5, 5.41) is 3.67. The fourth-order valence-corrected chi connectivity index (χ4v) is 2.76. The molecule has 0 saturated carbocycles. The maximum Gasteiger partial charge on any atom is 0.0615 e. The van der Waals surface area contributed by atoms with Gasteiger partial charge in [0, 0.05) is 26.2 Å². The van der Waals surface area contributed by atoms with Crippen molar-refractivity contribution >= 4 is 0 Å². The monoisotopic (exact) mass is 286 g/mol. The van der Waals surface area contributed by atoms with Gasteiger partial charge in [0.1, 0.15) is 0 Å². The Hall–Kier alpha value is -0.120. The summed E-state index contributed by atoms with van der Waals surface area (Å²) in [6.45, 7) is 19.0. The molecule has 0 aliphatic rings. The number of nitrogens with one attached hydrogen (secondary N) is 1. The second-order valence-electron chi connectivity index (χ2n) is 6.60. The number of rotatable bonds is 12. The lowest BCUT2D eigenvalue weighted by Crippen LogP contribution is -2.48. The van der Waals surface area contributed by atoms with Gasteiger partial charge in [-0.15, -0.1) is 0 Å². The van der Waals surface area contributed by atoms with Gasteiger partial charge in [-0.25, -0.2) is 0 Å². The molecule has 0 aliphatic heterocycles. The summed E-state index contributed by atoms with van der Waals surface area (Å²) in [6.07, 6.45) is 2.45. The summed E-state index contributed by atoms with van der Waals surface area (Å²) in [5.41, 5.74) is 0.382. The number of hydrogen-bond donors (Lipinski definition) is 1. The van der Waals surface area contributed by atoms with Crippen LogP contribution in [0, 0.1) is 11.3 Å². The van der Waals surface area contributed by atoms with E-state index < -0.39 is 0 Å². The largest absolute Gasteiger partial charge is 0.383 e. The van der Waals surface area contributed by atoms with Gasteiger partial charge in [0.15, 0.2) is 0 Å². The molecule has 0 radical (unpaired) electrons. The number of nitrogens with zero attached hydrogens (tertiary/aromatic N) is 1. The zero-order chi connectivity index (χ0) is 15.6. The van der Waals surface area contributed by atoms with Crippen molar-refractivity contribution in [3.63, 3.8) is 0 Å². The van der Waals surface area contributed by atoms with Crippen molar-refractivity contribution in [3.05, 3.63) is 0 Å². The molecule has 0 saturated heterocycles. The average molecular weight is 287 g/mol. The molecule has 1 N–H and O–H groups in total. The summed E-state index contributed by atoms with van der Waals surface area (Å²) in [6, 6.07) is 0.493. The molecule has 0 rings (SSSR count). The number of methoxy groups -OCH3 is 1. The standard InChI is InChI=1S/C17H38N2O/c1-8-17(9-2,13-18-11-15(4)5)14-19(10-3)16(6)12-20-7/h15-16,18H,8-14H2,1-7H3. The molecule has 3 nitrogen and oxygen atoms in total. The zero-order valence-electron chi connectivity index (χ0n) is 15.0. The van der Waals surface area contributed by atoms with Crippen molar-refractivity contribution in [2.24, 2.45) is 11.3 Å². The fraction of sp³-hybridized carbons (Fsp3) is 1.00. The zero-order valence-corrected chi connectivity index (χ0v) is 15.0. The van der Waals surface area contributed by atoms with Gasteiger partial charge in [0.2, 0.25) is 0 Å². The van der Waals surface area contributed by atoms with E-state index in [1.807, 2.05) is 0 Å². The highest BCUT2D eigenvalue weighted by molar-refractivity contribution is 4.84. The maximum atomic E-state index is 5.32. The van der Waals surface area contributed by atoms with Crippen LogP contribution >= 0.6 is 0 Å². The molecule has 3 heteroatoms. The van der Waals surface area contributed by atoms with E-state index in [1.165, 1.54) is 12.8 Å². The lowest BCUT2D eigenvalue weighted by molar-refractivity contribution is 0.0610. The molecule has 0 amide bonds. The highest BCUT2D eigenvalue weighted by atomic mass is 16.5. The summed E-state index contributed by atoms with van der Waals surface area (Å²) >= 11 is 0. The second kappa shape index (κ2) is 10.6. The topological polar surface area (TPSA) is 24.5 Å². The summed E-state index contributed by atoms with van der Waals surface area (Å²) in [7, 11) is 1.79. The predicted octanol–water partition coefficient (Wildman–Crippen LogP) is 3.40. The third kappa shape index (κ3) is 7.05. The number of hydrogen-bond acceptors (Lipinski definition) is 3. The van der Waals surface area contributed by atoms with Gasteiger partial charge in [0.05, 0.1) is 6.61 Å². The van der Waals surface area contributed by atoms with Crippen molar-refractivity contribution in [2.75, 3.05) is 39.9 Å². The predicted molar refractivity (Wildman–Crippen MR) is 89.3 cm³/mol. The van der Waals surface area contributed by atoms with Crippen molar-refractivity contribution in [2.45, 2.75) is 60.4 Å². The molecule has 0 aromatic carbocycles. The third-order valence-corrected chi connectivity index (χ3v) is 4.53. The molecule has 0 aliphatic carbocycles. The molecule has 122 valence electrons. The second-order valence-corrected chi connectivity index (χ2v) is 6.60. The first-order valence-corrected chi connectivity index (χ1v) is 8.38. The lowest BCUT2D eigenvalue weighted by Gasteiger charge is -2.40. The molecular formula is C17H38N2O. The van der Waals surface area contributed by atoms with Crippen LogP contribution in [0.5, 0.6) is 0 Å². The molecule has 0 spiro atoms.